The van der Waals surface area contributed by atoms with Crippen LogP contribution in [0.2, 0.25) is 5.02 Å². The standard InChI is InChI=1S/C31H30ClFN2O2S/c32-25-15-11-21(12-16-25)17-18-34-30(36)23-13-9-22(10-14-23)19-29-31(37)35(20-24-5-1-2-6-26(24)33)27-7-3-4-8-28(27)38-29/h1-2,5-6,9-16,19,27-28H,3-4,7-8,17-18,20H2,(H,34,36)/b29-19-. The first-order valence-electron chi connectivity index (χ1n) is 13.0. The van der Waals surface area contributed by atoms with Gasteiger partial charge in [0.15, 0.2) is 0 Å². The van der Waals surface area contributed by atoms with E-state index in [9.17, 15) is 14.0 Å². The Balaban J connectivity index is 1.26. The third-order valence-corrected chi connectivity index (χ3v) is 8.85. The molecule has 1 saturated carbocycles. The predicted octanol–water partition coefficient (Wildman–Crippen LogP) is 6.88. The molecule has 1 heterocycles. The summed E-state index contributed by atoms with van der Waals surface area (Å²) in [5.41, 5.74) is 3.08. The quantitative estimate of drug-likeness (QED) is 0.327. The predicted molar refractivity (Wildman–Crippen MR) is 152 cm³/mol. The molecule has 38 heavy (non-hydrogen) atoms. The number of halogens is 2. The molecule has 1 saturated heterocycles. The highest BCUT2D eigenvalue weighted by Crippen LogP contribution is 2.42. The van der Waals surface area contributed by atoms with E-state index in [1.54, 1.807) is 36.0 Å². The van der Waals surface area contributed by atoms with Gasteiger partial charge in [-0.05, 0) is 66.8 Å². The Labute approximate surface area is 232 Å². The number of rotatable bonds is 7. The number of hydrogen-bond donors (Lipinski definition) is 1. The summed E-state index contributed by atoms with van der Waals surface area (Å²) in [7, 11) is 0. The second kappa shape index (κ2) is 12.2. The van der Waals surface area contributed by atoms with Crippen LogP contribution in [-0.4, -0.2) is 34.6 Å². The minimum Gasteiger partial charge on any atom is -0.352 e. The average molecular weight is 549 g/mol. The molecule has 1 aliphatic carbocycles. The van der Waals surface area contributed by atoms with Gasteiger partial charge in [0.25, 0.3) is 11.8 Å². The van der Waals surface area contributed by atoms with E-state index in [-0.39, 0.29) is 30.2 Å². The van der Waals surface area contributed by atoms with Gasteiger partial charge in [0.2, 0.25) is 0 Å². The molecule has 4 nitrogen and oxygen atoms in total. The Bertz CT molecular complexity index is 1330. The Hall–Kier alpha value is -3.09. The van der Waals surface area contributed by atoms with Gasteiger partial charge in [-0.2, -0.15) is 0 Å². The molecule has 0 bridgehead atoms. The molecule has 7 heteroatoms. The normalized spacial score (nSPS) is 20.3. The third-order valence-electron chi connectivity index (χ3n) is 7.20. The van der Waals surface area contributed by atoms with Gasteiger partial charge in [-0.1, -0.05) is 66.9 Å². The Morgan fingerprint density at radius 1 is 1.03 bits per heavy atom. The molecule has 3 aromatic carbocycles. The minimum absolute atomic E-state index is 0.0505. The molecule has 2 fully saturated rings. The van der Waals surface area contributed by atoms with Crippen molar-refractivity contribution in [2.45, 2.75) is 49.9 Å². The fraction of sp³-hybridized carbons (Fsp3) is 0.290. The maximum atomic E-state index is 14.4. The summed E-state index contributed by atoms with van der Waals surface area (Å²) in [6.45, 7) is 0.803. The molecule has 3 aromatic rings. The molecule has 2 unspecified atom stereocenters. The van der Waals surface area contributed by atoms with Gasteiger partial charge in [0.1, 0.15) is 5.82 Å². The van der Waals surface area contributed by atoms with Crippen molar-refractivity contribution in [2.24, 2.45) is 0 Å². The van der Waals surface area contributed by atoms with Crippen LogP contribution in [-0.2, 0) is 17.8 Å². The van der Waals surface area contributed by atoms with E-state index in [0.717, 1.165) is 43.2 Å². The van der Waals surface area contributed by atoms with E-state index in [0.29, 0.717) is 32.8 Å². The number of fused-ring (bicyclic) bond motifs is 1. The first-order chi connectivity index (χ1) is 18.5. The Morgan fingerprint density at radius 3 is 2.53 bits per heavy atom. The van der Waals surface area contributed by atoms with Crippen LogP contribution in [0.3, 0.4) is 0 Å². The largest absolute Gasteiger partial charge is 0.352 e. The minimum atomic E-state index is -0.279. The molecular formula is C31H30ClFN2O2S. The molecule has 2 amide bonds. The maximum Gasteiger partial charge on any atom is 0.260 e. The van der Waals surface area contributed by atoms with Crippen LogP contribution in [0.5, 0.6) is 0 Å². The molecule has 1 N–H and O–H groups in total. The van der Waals surface area contributed by atoms with Crippen molar-refractivity contribution in [2.75, 3.05) is 6.54 Å². The number of thioether (sulfide) groups is 1. The zero-order chi connectivity index (χ0) is 26.5. The summed E-state index contributed by atoms with van der Waals surface area (Å²) in [5.74, 6) is -0.466. The zero-order valence-corrected chi connectivity index (χ0v) is 22.6. The lowest BCUT2D eigenvalue weighted by molar-refractivity contribution is -0.130. The average Bonchev–Trinajstić information content (AvgIpc) is 2.93. The lowest BCUT2D eigenvalue weighted by Gasteiger charge is -2.44. The Morgan fingerprint density at radius 2 is 1.76 bits per heavy atom. The number of hydrogen-bond acceptors (Lipinski definition) is 3. The topological polar surface area (TPSA) is 49.4 Å². The number of carbonyl (C=O) groups is 2. The fourth-order valence-electron chi connectivity index (χ4n) is 5.13. The van der Waals surface area contributed by atoms with Crippen LogP contribution in [0.4, 0.5) is 4.39 Å². The summed E-state index contributed by atoms with van der Waals surface area (Å²) in [4.78, 5) is 28.7. The van der Waals surface area contributed by atoms with Crippen LogP contribution in [0.1, 0.15) is 52.7 Å². The van der Waals surface area contributed by atoms with E-state index in [1.165, 1.54) is 6.07 Å². The zero-order valence-electron chi connectivity index (χ0n) is 21.0. The summed E-state index contributed by atoms with van der Waals surface area (Å²) in [6, 6.07) is 21.7. The third kappa shape index (κ3) is 6.30. The molecule has 0 radical (unpaired) electrons. The number of nitrogens with one attached hydrogen (secondary N) is 1. The van der Waals surface area contributed by atoms with Crippen LogP contribution < -0.4 is 5.32 Å². The van der Waals surface area contributed by atoms with E-state index < -0.39 is 0 Å². The van der Waals surface area contributed by atoms with Gasteiger partial charge >= 0.3 is 0 Å². The van der Waals surface area contributed by atoms with Crippen molar-refractivity contribution < 1.29 is 14.0 Å². The van der Waals surface area contributed by atoms with E-state index >= 15 is 0 Å². The van der Waals surface area contributed by atoms with Gasteiger partial charge in [-0.3, -0.25) is 9.59 Å². The fourth-order valence-corrected chi connectivity index (χ4v) is 6.73. The smallest absolute Gasteiger partial charge is 0.260 e. The van der Waals surface area contributed by atoms with Gasteiger partial charge in [0.05, 0.1) is 4.91 Å². The number of carbonyl (C=O) groups excluding carboxylic acids is 2. The van der Waals surface area contributed by atoms with Crippen LogP contribution in [0, 0.1) is 5.82 Å². The number of benzene rings is 3. The SMILES string of the molecule is O=C(NCCc1ccc(Cl)cc1)c1ccc(/C=C2\SC3CCCCC3N(Cc3ccccc3F)C2=O)cc1. The van der Waals surface area contributed by atoms with Crippen molar-refractivity contribution in [1.82, 2.24) is 10.2 Å². The van der Waals surface area contributed by atoms with E-state index in [2.05, 4.69) is 5.32 Å². The monoisotopic (exact) mass is 548 g/mol. The van der Waals surface area contributed by atoms with Crippen molar-refractivity contribution >= 4 is 41.3 Å². The van der Waals surface area contributed by atoms with Crippen molar-refractivity contribution in [3.8, 4) is 0 Å². The highest BCUT2D eigenvalue weighted by molar-refractivity contribution is 8.04. The summed E-state index contributed by atoms with van der Waals surface area (Å²) >= 11 is 7.57. The van der Waals surface area contributed by atoms with Crippen LogP contribution in [0.15, 0.2) is 77.7 Å². The maximum absolute atomic E-state index is 14.4. The molecule has 5 rings (SSSR count). The molecule has 1 aliphatic heterocycles. The van der Waals surface area contributed by atoms with Crippen molar-refractivity contribution in [1.29, 1.82) is 0 Å². The number of nitrogens with zero attached hydrogens (tertiary/aromatic N) is 1. The lowest BCUT2D eigenvalue weighted by Crippen LogP contribution is -2.50. The molecule has 196 valence electrons. The summed E-state index contributed by atoms with van der Waals surface area (Å²) in [6.07, 6.45) is 6.85. The lowest BCUT2D eigenvalue weighted by atomic mass is 9.92. The number of amides is 2. The molecule has 2 atom stereocenters. The van der Waals surface area contributed by atoms with Gasteiger partial charge in [-0.25, -0.2) is 4.39 Å². The second-order valence-corrected chi connectivity index (χ2v) is 11.5. The summed E-state index contributed by atoms with van der Waals surface area (Å²) < 4.78 is 14.4. The van der Waals surface area contributed by atoms with Crippen molar-refractivity contribution in [3.63, 3.8) is 0 Å². The van der Waals surface area contributed by atoms with Crippen LogP contribution in [0.25, 0.3) is 6.08 Å². The van der Waals surface area contributed by atoms with Gasteiger partial charge in [-0.15, -0.1) is 11.8 Å². The first kappa shape index (κ1) is 26.5. The second-order valence-electron chi connectivity index (χ2n) is 9.80. The molecular weight excluding hydrogens is 519 g/mol. The summed E-state index contributed by atoms with van der Waals surface area (Å²) in [5, 5.41) is 3.95. The highest BCUT2D eigenvalue weighted by atomic mass is 35.5. The molecule has 2 aliphatic rings. The first-order valence-corrected chi connectivity index (χ1v) is 14.3. The highest BCUT2D eigenvalue weighted by Gasteiger charge is 2.40. The van der Waals surface area contributed by atoms with Crippen LogP contribution >= 0.6 is 23.4 Å². The van der Waals surface area contributed by atoms with E-state index in [1.807, 2.05) is 53.4 Å². The van der Waals surface area contributed by atoms with Gasteiger partial charge < -0.3 is 10.2 Å². The van der Waals surface area contributed by atoms with E-state index in [4.69, 9.17) is 11.6 Å². The van der Waals surface area contributed by atoms with Gasteiger partial charge in [0, 0.05) is 40.5 Å². The Kier molecular flexibility index (Phi) is 8.50. The van der Waals surface area contributed by atoms with Crippen molar-refractivity contribution in [3.05, 3.63) is 111 Å². The molecule has 0 aromatic heterocycles. The molecule has 0 spiro atoms.